The van der Waals surface area contributed by atoms with Gasteiger partial charge in [-0.3, -0.25) is 0 Å². The van der Waals surface area contributed by atoms with Crippen LogP contribution < -0.4 is 10.4 Å². The van der Waals surface area contributed by atoms with Gasteiger partial charge in [-0.1, -0.05) is 23.4 Å². The van der Waals surface area contributed by atoms with Crippen LogP contribution in [0.4, 0.5) is 10.5 Å². The van der Waals surface area contributed by atoms with Crippen molar-refractivity contribution in [3.8, 4) is 0 Å². The van der Waals surface area contributed by atoms with Gasteiger partial charge in [-0.05, 0) is 31.9 Å². The number of nitrogens with zero attached hydrogens (tertiary/aromatic N) is 3. The third-order valence-electron chi connectivity index (χ3n) is 3.37. The number of hydrogen-bond acceptors (Lipinski definition) is 5. The lowest BCUT2D eigenvalue weighted by Gasteiger charge is -2.33. The summed E-state index contributed by atoms with van der Waals surface area (Å²) in [6, 6.07) is 8.80. The van der Waals surface area contributed by atoms with Gasteiger partial charge in [0.25, 0.3) is 0 Å². The van der Waals surface area contributed by atoms with Crippen molar-refractivity contribution in [2.75, 3.05) is 11.6 Å². The first kappa shape index (κ1) is 14.2. The highest BCUT2D eigenvalue weighted by Crippen LogP contribution is 2.33. The van der Waals surface area contributed by atoms with Crippen LogP contribution in [0.1, 0.15) is 19.8 Å². The maximum Gasteiger partial charge on any atom is 0.434 e. The highest BCUT2D eigenvalue weighted by atomic mass is 16.5. The zero-order chi connectivity index (χ0) is 15.5. The molecule has 1 aliphatic heterocycles. The summed E-state index contributed by atoms with van der Waals surface area (Å²) >= 11 is 0. The average molecular weight is 302 g/mol. The zero-order valence-electron chi connectivity index (χ0n) is 12.3. The second-order valence-electron chi connectivity index (χ2n) is 5.07. The Morgan fingerprint density at radius 1 is 1.45 bits per heavy atom. The van der Waals surface area contributed by atoms with Gasteiger partial charge in [0.1, 0.15) is 0 Å². The summed E-state index contributed by atoms with van der Waals surface area (Å²) in [6.45, 7) is 2.37. The maximum absolute atomic E-state index is 11.7. The fraction of sp³-hybridized carbons (Fsp3) is 0.333. The number of allylic oxidation sites excluding steroid dienone is 1. The number of anilines is 1. The molecule has 0 unspecified atom stereocenters. The van der Waals surface area contributed by atoms with Crippen molar-refractivity contribution in [2.24, 2.45) is 11.0 Å². The molecule has 0 radical (unpaired) electrons. The third-order valence-corrected chi connectivity index (χ3v) is 3.37. The molecule has 1 aliphatic carbocycles. The van der Waals surface area contributed by atoms with E-state index >= 15 is 0 Å². The van der Waals surface area contributed by atoms with Gasteiger partial charge >= 0.3 is 6.09 Å². The summed E-state index contributed by atoms with van der Waals surface area (Å²) in [5, 5.41) is 16.2. The predicted molar refractivity (Wildman–Crippen MR) is 81.8 cm³/mol. The van der Waals surface area contributed by atoms with E-state index in [1.165, 1.54) is 5.23 Å². The van der Waals surface area contributed by atoms with Crippen LogP contribution in [-0.2, 0) is 4.74 Å². The van der Waals surface area contributed by atoms with Gasteiger partial charge in [-0.15, -0.1) is 10.1 Å². The number of hydrogen-bond donors (Lipinski definition) is 2. The van der Waals surface area contributed by atoms with Crippen LogP contribution in [0.3, 0.4) is 0 Å². The monoisotopic (exact) mass is 302 g/mol. The van der Waals surface area contributed by atoms with Crippen LogP contribution >= 0.6 is 0 Å². The van der Waals surface area contributed by atoms with Crippen LogP contribution in [0.15, 0.2) is 47.4 Å². The first-order chi connectivity index (χ1) is 10.7. The molecule has 0 bridgehead atoms. The smallest absolute Gasteiger partial charge is 0.434 e. The zero-order valence-corrected chi connectivity index (χ0v) is 12.3. The molecule has 2 aliphatic rings. The Bertz CT molecular complexity index is 610. The van der Waals surface area contributed by atoms with E-state index in [4.69, 9.17) is 4.74 Å². The van der Waals surface area contributed by atoms with Gasteiger partial charge < -0.3 is 9.84 Å². The minimum atomic E-state index is -1.13. The molecule has 1 aromatic rings. The van der Waals surface area contributed by atoms with Gasteiger partial charge in [-0.2, -0.15) is 0 Å². The van der Waals surface area contributed by atoms with Gasteiger partial charge in [0, 0.05) is 12.0 Å². The van der Waals surface area contributed by atoms with E-state index in [1.807, 2.05) is 19.1 Å². The van der Waals surface area contributed by atoms with Crippen LogP contribution in [-0.4, -0.2) is 28.7 Å². The quantitative estimate of drug-likeness (QED) is 0.874. The van der Waals surface area contributed by atoms with Gasteiger partial charge in [-0.25, -0.2) is 10.2 Å². The molecule has 1 saturated carbocycles. The Balaban J connectivity index is 1.91. The number of para-hydroxylation sites is 1. The van der Waals surface area contributed by atoms with Crippen LogP contribution in [0, 0.1) is 5.92 Å². The third kappa shape index (κ3) is 2.98. The average Bonchev–Trinajstić information content (AvgIpc) is 3.33. The molecule has 1 heterocycles. The second-order valence-corrected chi connectivity index (χ2v) is 5.07. The van der Waals surface area contributed by atoms with Crippen LogP contribution in [0.25, 0.3) is 0 Å². The maximum atomic E-state index is 11.7. The Labute approximate surface area is 128 Å². The van der Waals surface area contributed by atoms with E-state index in [0.717, 1.165) is 23.6 Å². The van der Waals surface area contributed by atoms with Crippen molar-refractivity contribution < 1.29 is 14.6 Å². The molecule has 0 aromatic heterocycles. The van der Waals surface area contributed by atoms with E-state index in [1.54, 1.807) is 24.3 Å². The largest absolute Gasteiger partial charge is 0.478 e. The van der Waals surface area contributed by atoms with E-state index in [0.29, 0.717) is 24.1 Å². The summed E-state index contributed by atoms with van der Waals surface area (Å²) in [5.41, 5.74) is 4.21. The normalized spacial score (nSPS) is 17.2. The lowest BCUT2D eigenvalue weighted by molar-refractivity contribution is 0.101. The fourth-order valence-corrected chi connectivity index (χ4v) is 2.20. The number of carbonyl (C=O) groups is 1. The minimum Gasteiger partial charge on any atom is -0.478 e. The Hall–Kier alpha value is -2.70. The van der Waals surface area contributed by atoms with E-state index < -0.39 is 6.09 Å². The summed E-state index contributed by atoms with van der Waals surface area (Å²) in [7, 11) is 0. The first-order valence-corrected chi connectivity index (χ1v) is 7.27. The Morgan fingerprint density at radius 3 is 2.77 bits per heavy atom. The molecule has 1 aromatic carbocycles. The molecule has 0 spiro atoms. The molecule has 1 amide bonds. The van der Waals surface area contributed by atoms with Crippen molar-refractivity contribution in [2.45, 2.75) is 19.8 Å². The van der Waals surface area contributed by atoms with Crippen molar-refractivity contribution in [3.05, 3.63) is 42.3 Å². The molecule has 7 nitrogen and oxygen atoms in total. The van der Waals surface area contributed by atoms with E-state index in [2.05, 4.69) is 10.5 Å². The number of rotatable bonds is 5. The minimum absolute atomic E-state index is 0.381. The highest BCUT2D eigenvalue weighted by Gasteiger charge is 2.32. The molecule has 3 rings (SSSR count). The van der Waals surface area contributed by atoms with Crippen molar-refractivity contribution in [1.29, 1.82) is 0 Å². The lowest BCUT2D eigenvalue weighted by atomic mass is 10.2. The summed E-state index contributed by atoms with van der Waals surface area (Å²) in [5.74, 6) is 0.882. The Morgan fingerprint density at radius 2 is 2.18 bits per heavy atom. The molecule has 7 heteroatoms. The molecule has 0 saturated heterocycles. The number of nitrogens with one attached hydrogen (secondary N) is 1. The summed E-state index contributed by atoms with van der Waals surface area (Å²) in [4.78, 5) is 11.7. The van der Waals surface area contributed by atoms with Crippen LogP contribution in [0.2, 0.25) is 0 Å². The fourth-order valence-electron chi connectivity index (χ4n) is 2.20. The van der Waals surface area contributed by atoms with E-state index in [-0.39, 0.29) is 0 Å². The molecule has 0 atom stereocenters. The van der Waals surface area contributed by atoms with E-state index in [9.17, 15) is 9.90 Å². The topological polar surface area (TPSA) is 77.4 Å². The molecule has 1 fully saturated rings. The predicted octanol–water partition coefficient (Wildman–Crippen LogP) is 2.55. The highest BCUT2D eigenvalue weighted by molar-refractivity contribution is 5.99. The van der Waals surface area contributed by atoms with Crippen molar-refractivity contribution >= 4 is 17.5 Å². The number of benzene rings is 1. The van der Waals surface area contributed by atoms with Crippen LogP contribution in [0.5, 0.6) is 0 Å². The summed E-state index contributed by atoms with van der Waals surface area (Å²) < 4.78 is 5.49. The number of ether oxygens (including phenoxy) is 1. The van der Waals surface area contributed by atoms with Gasteiger partial charge in [0.05, 0.1) is 18.0 Å². The van der Waals surface area contributed by atoms with Gasteiger partial charge in [0.15, 0.2) is 0 Å². The number of amides is 1. The van der Waals surface area contributed by atoms with Crippen molar-refractivity contribution in [3.63, 3.8) is 0 Å². The number of carboxylic acid groups (broad SMARTS) is 1. The molecule has 22 heavy (non-hydrogen) atoms. The summed E-state index contributed by atoms with van der Waals surface area (Å²) in [6.07, 6.45) is 2.85. The lowest BCUT2D eigenvalue weighted by Crippen LogP contribution is -2.52. The molecule has 2 N–H and O–H groups in total. The molecule has 116 valence electrons. The Kier molecular flexibility index (Phi) is 3.86. The standard InChI is InChI=1S/C15H18N4O3/c1-2-22-14-10-13(11-8-9-11)16-19(17-14)18(15(20)21)12-6-4-3-5-7-12/h3-7,10-11,17H,2,8-9H2,1H3,(H,20,21). The molecular formula is C15H18N4O3. The van der Waals surface area contributed by atoms with Crippen molar-refractivity contribution in [1.82, 2.24) is 10.7 Å². The first-order valence-electron chi connectivity index (χ1n) is 7.27. The second kappa shape index (κ2) is 5.97. The molecular weight excluding hydrogens is 284 g/mol. The van der Waals surface area contributed by atoms with Gasteiger partial charge in [0.2, 0.25) is 5.88 Å². The number of hydrazone groups is 1. The number of hydrazine groups is 2. The SMILES string of the molecule is CCOC1=CC(C2CC2)=NN(N(C(=O)O)c2ccccc2)N1.